The number of hydrogen-bond acceptors (Lipinski definition) is 9. The van der Waals surface area contributed by atoms with Crippen LogP contribution in [0.5, 0.6) is 0 Å². The number of phosphoric ester groups is 1. The topological polar surface area (TPSA) is 149 Å². The molecule has 0 radical (unpaired) electrons. The third-order valence-electron chi connectivity index (χ3n) is 9.80. The molecule has 0 aromatic carbocycles. The Bertz CT molecular complexity index is 1050. The average Bonchev–Trinajstić information content (AvgIpc) is 3.20. The molecule has 0 heterocycles. The van der Waals surface area contributed by atoms with Crippen LogP contribution in [0.4, 0.5) is 0 Å². The number of esters is 2. The van der Waals surface area contributed by atoms with E-state index in [1.165, 1.54) is 116 Å². The molecule has 11 heteroatoms. The molecule has 1 unspecified atom stereocenters. The van der Waals surface area contributed by atoms with Crippen molar-refractivity contribution >= 4 is 19.8 Å². The summed E-state index contributed by atoms with van der Waals surface area (Å²) >= 11 is 0. The molecular weight excluding hydrogens is 743 g/mol. The molecule has 0 aromatic heterocycles. The fourth-order valence-corrected chi connectivity index (χ4v) is 7.03. The van der Waals surface area contributed by atoms with Crippen LogP contribution in [0.2, 0.25) is 0 Å². The molecule has 334 valence electrons. The number of allylic oxidation sites excluding steroid dienone is 6. The molecule has 3 N–H and O–H groups in total. The number of carbonyl (C=O) groups excluding carboxylic acids is 2. The van der Waals surface area contributed by atoms with Crippen LogP contribution >= 0.6 is 7.82 Å². The predicted octanol–water partition coefficient (Wildman–Crippen LogP) is 12.3. The molecule has 3 atom stereocenters. The van der Waals surface area contributed by atoms with E-state index in [4.69, 9.17) is 23.6 Å². The molecule has 0 aromatic rings. The predicted molar refractivity (Wildman–Crippen MR) is 233 cm³/mol. The van der Waals surface area contributed by atoms with Crippen molar-refractivity contribution in [2.45, 2.75) is 219 Å². The van der Waals surface area contributed by atoms with Gasteiger partial charge in [-0.15, -0.1) is 0 Å². The van der Waals surface area contributed by atoms with Gasteiger partial charge in [0.15, 0.2) is 6.10 Å². The fraction of sp³-hybridized carbons (Fsp3) is 0.826. The lowest BCUT2D eigenvalue weighted by molar-refractivity contribution is -0.161. The number of aliphatic hydroxyl groups excluding tert-OH is 2. The maximum absolute atomic E-state index is 12.6. The standard InChI is InChI=1S/C46H85O10P/c1-3-5-7-9-11-13-15-17-19-20-21-22-24-26-28-30-32-34-36-38-46(50)56-44(42-55-57(51,52)54-40-43(48)39-47)41-53-45(49)37-35-33-31-29-27-25-23-18-16-14-12-10-8-6-4-2/h12,14,18,23,27,29,43-44,47-48H,3-11,13,15-17,19-22,24-26,28,30-42H2,1-2H3,(H,51,52)/b14-12-,23-18-,29-27-/t43-,44+/m0/s1. The lowest BCUT2D eigenvalue weighted by Gasteiger charge is -2.20. The zero-order chi connectivity index (χ0) is 41.9. The SMILES string of the molecule is CCCCC/C=C\C/C=C\C/C=C\CCCCC(=O)OC[C@H](COP(=O)(O)OC[C@@H](O)CO)OC(=O)CCCCCCCCCCCCCCCCCCCCC. The highest BCUT2D eigenvalue weighted by atomic mass is 31.2. The second-order valence-corrected chi connectivity index (χ2v) is 16.9. The van der Waals surface area contributed by atoms with Gasteiger partial charge in [-0.25, -0.2) is 4.57 Å². The van der Waals surface area contributed by atoms with Crippen LogP contribution in [0.1, 0.15) is 206 Å². The van der Waals surface area contributed by atoms with Crippen LogP contribution in [0, 0.1) is 0 Å². The Kier molecular flexibility index (Phi) is 41.0. The first-order valence-electron chi connectivity index (χ1n) is 22.9. The smallest absolute Gasteiger partial charge is 0.462 e. The van der Waals surface area contributed by atoms with Crippen molar-refractivity contribution in [1.82, 2.24) is 0 Å². The third kappa shape index (κ3) is 42.1. The van der Waals surface area contributed by atoms with E-state index in [0.29, 0.717) is 12.8 Å². The molecule has 10 nitrogen and oxygen atoms in total. The molecule has 0 bridgehead atoms. The molecule has 0 aliphatic carbocycles. The van der Waals surface area contributed by atoms with Crippen molar-refractivity contribution in [1.29, 1.82) is 0 Å². The third-order valence-corrected chi connectivity index (χ3v) is 10.7. The lowest BCUT2D eigenvalue weighted by atomic mass is 10.0. The highest BCUT2D eigenvalue weighted by Crippen LogP contribution is 2.43. The first-order chi connectivity index (χ1) is 27.7. The molecule has 0 fully saturated rings. The Labute approximate surface area is 348 Å². The Balaban J connectivity index is 4.28. The lowest BCUT2D eigenvalue weighted by Crippen LogP contribution is -2.29. The fourth-order valence-electron chi connectivity index (χ4n) is 6.24. The Morgan fingerprint density at radius 1 is 0.526 bits per heavy atom. The Morgan fingerprint density at radius 3 is 1.40 bits per heavy atom. The summed E-state index contributed by atoms with van der Waals surface area (Å²) in [6.45, 7) is 2.33. The number of phosphoric acid groups is 1. The van der Waals surface area contributed by atoms with Crippen LogP contribution in [-0.4, -0.2) is 65.7 Å². The number of unbranched alkanes of at least 4 members (excludes halogenated alkanes) is 23. The van der Waals surface area contributed by atoms with Crippen molar-refractivity contribution in [3.63, 3.8) is 0 Å². The molecule has 0 spiro atoms. The minimum absolute atomic E-state index is 0.179. The second-order valence-electron chi connectivity index (χ2n) is 15.4. The van der Waals surface area contributed by atoms with E-state index in [2.05, 4.69) is 50.3 Å². The molecule has 0 saturated heterocycles. The van der Waals surface area contributed by atoms with Crippen LogP contribution in [0.25, 0.3) is 0 Å². The van der Waals surface area contributed by atoms with Gasteiger partial charge in [0.2, 0.25) is 0 Å². The molecule has 0 saturated carbocycles. The Morgan fingerprint density at radius 2 is 0.912 bits per heavy atom. The number of ether oxygens (including phenoxy) is 2. The van der Waals surface area contributed by atoms with Crippen molar-refractivity contribution in [2.75, 3.05) is 26.4 Å². The average molecular weight is 829 g/mol. The van der Waals surface area contributed by atoms with Gasteiger partial charge in [0.25, 0.3) is 0 Å². The zero-order valence-corrected chi connectivity index (χ0v) is 37.2. The van der Waals surface area contributed by atoms with E-state index in [1.54, 1.807) is 0 Å². The zero-order valence-electron chi connectivity index (χ0n) is 36.3. The van der Waals surface area contributed by atoms with Gasteiger partial charge >= 0.3 is 19.8 Å². The van der Waals surface area contributed by atoms with Gasteiger partial charge < -0.3 is 24.6 Å². The quantitative estimate of drug-likeness (QED) is 0.0235. The van der Waals surface area contributed by atoms with Crippen LogP contribution in [0.15, 0.2) is 36.5 Å². The summed E-state index contributed by atoms with van der Waals surface area (Å²) in [6, 6.07) is 0. The van der Waals surface area contributed by atoms with Gasteiger partial charge in [-0.05, 0) is 51.4 Å². The number of carbonyl (C=O) groups is 2. The normalized spacial score (nSPS) is 14.1. The molecule has 0 rings (SSSR count). The second kappa shape index (κ2) is 42.3. The summed E-state index contributed by atoms with van der Waals surface area (Å²) < 4.78 is 32.7. The summed E-state index contributed by atoms with van der Waals surface area (Å²) in [5.74, 6) is -0.962. The van der Waals surface area contributed by atoms with Gasteiger partial charge in [0.05, 0.1) is 19.8 Å². The Hall–Kier alpha value is -1.81. The van der Waals surface area contributed by atoms with Crippen molar-refractivity contribution in [2.24, 2.45) is 0 Å². The highest BCUT2D eigenvalue weighted by molar-refractivity contribution is 7.47. The molecular formula is C46H85O10P. The molecule has 0 aliphatic heterocycles. The van der Waals surface area contributed by atoms with E-state index in [1.807, 2.05) is 0 Å². The van der Waals surface area contributed by atoms with E-state index in [0.717, 1.165) is 51.4 Å². The molecule has 0 amide bonds. The van der Waals surface area contributed by atoms with Crippen LogP contribution in [-0.2, 0) is 32.7 Å². The van der Waals surface area contributed by atoms with Crippen molar-refractivity contribution in [3.05, 3.63) is 36.5 Å². The van der Waals surface area contributed by atoms with E-state index >= 15 is 0 Å². The van der Waals surface area contributed by atoms with Gasteiger partial charge in [-0.2, -0.15) is 0 Å². The van der Waals surface area contributed by atoms with Gasteiger partial charge in [-0.3, -0.25) is 18.6 Å². The summed E-state index contributed by atoms with van der Waals surface area (Å²) in [7, 11) is -4.62. The summed E-state index contributed by atoms with van der Waals surface area (Å²) in [5.41, 5.74) is 0. The maximum Gasteiger partial charge on any atom is 0.472 e. The molecule has 0 aliphatic rings. The number of hydrogen-bond donors (Lipinski definition) is 3. The number of rotatable bonds is 43. The largest absolute Gasteiger partial charge is 0.472 e. The summed E-state index contributed by atoms with van der Waals surface area (Å²) in [4.78, 5) is 35.0. The summed E-state index contributed by atoms with van der Waals surface area (Å²) in [5, 5.41) is 18.3. The van der Waals surface area contributed by atoms with Crippen LogP contribution < -0.4 is 0 Å². The first-order valence-corrected chi connectivity index (χ1v) is 24.4. The van der Waals surface area contributed by atoms with Gasteiger partial charge in [0.1, 0.15) is 12.7 Å². The number of aliphatic hydroxyl groups is 2. The van der Waals surface area contributed by atoms with E-state index in [-0.39, 0.29) is 19.4 Å². The highest BCUT2D eigenvalue weighted by Gasteiger charge is 2.27. The van der Waals surface area contributed by atoms with E-state index in [9.17, 15) is 24.2 Å². The van der Waals surface area contributed by atoms with E-state index < -0.39 is 51.8 Å². The summed E-state index contributed by atoms with van der Waals surface area (Å²) in [6.07, 6.45) is 44.0. The first kappa shape index (κ1) is 55.2. The van der Waals surface area contributed by atoms with Gasteiger partial charge in [-0.1, -0.05) is 179 Å². The minimum atomic E-state index is -4.62. The van der Waals surface area contributed by atoms with Crippen molar-refractivity contribution < 1.29 is 47.8 Å². The van der Waals surface area contributed by atoms with Crippen LogP contribution in [0.3, 0.4) is 0 Å². The van der Waals surface area contributed by atoms with Gasteiger partial charge in [0, 0.05) is 12.8 Å². The monoisotopic (exact) mass is 829 g/mol. The molecule has 57 heavy (non-hydrogen) atoms. The van der Waals surface area contributed by atoms with Crippen molar-refractivity contribution in [3.8, 4) is 0 Å². The minimum Gasteiger partial charge on any atom is -0.462 e. The maximum atomic E-state index is 12.6.